The Morgan fingerprint density at radius 3 is 2.56 bits per heavy atom. The molecule has 3 aromatic carbocycles. The Morgan fingerprint density at radius 1 is 1.12 bits per heavy atom. The lowest BCUT2D eigenvalue weighted by molar-refractivity contribution is -0.139. The van der Waals surface area contributed by atoms with Gasteiger partial charge in [-0.15, -0.1) is 0 Å². The standard InChI is InChI=1S/C31H25ClI2N2O4S/c1-4-39-30(38)26-18(3)35-31-36(27(26)19-11-9-17(2)10-12-19)29(37)25(41-31)14-21-13-22(33)15-24(34)28(21)40-16-20-7-5-6-8-23(20)32/h5-15,27H,4,16H2,1-3H3/b25-14-/t27-/m0/s1. The summed E-state index contributed by atoms with van der Waals surface area (Å²) in [6.45, 7) is 6.05. The molecule has 0 aliphatic carbocycles. The zero-order chi connectivity index (χ0) is 29.3. The molecule has 0 radical (unpaired) electrons. The molecule has 0 fully saturated rings. The maximum Gasteiger partial charge on any atom is 0.338 e. The molecule has 0 spiro atoms. The minimum absolute atomic E-state index is 0.225. The smallest absolute Gasteiger partial charge is 0.338 e. The van der Waals surface area contributed by atoms with Crippen LogP contribution in [-0.4, -0.2) is 17.1 Å². The molecule has 0 saturated carbocycles. The highest BCUT2D eigenvalue weighted by Crippen LogP contribution is 2.32. The summed E-state index contributed by atoms with van der Waals surface area (Å²) in [5.41, 5.74) is 4.20. The SMILES string of the molecule is CCOC(=O)C1=C(C)N=c2s/c(=C\c3cc(I)cc(I)c3OCc3ccccc3Cl)c(=O)n2[C@H]1c1ccc(C)cc1. The van der Waals surface area contributed by atoms with E-state index in [0.717, 1.165) is 29.4 Å². The highest BCUT2D eigenvalue weighted by atomic mass is 127. The van der Waals surface area contributed by atoms with Crippen molar-refractivity contribution in [2.45, 2.75) is 33.4 Å². The summed E-state index contributed by atoms with van der Waals surface area (Å²) < 4.78 is 15.7. The van der Waals surface area contributed by atoms with E-state index in [0.29, 0.717) is 31.4 Å². The Balaban J connectivity index is 1.65. The molecule has 1 aliphatic heterocycles. The third kappa shape index (κ3) is 6.32. The zero-order valence-electron chi connectivity index (χ0n) is 22.4. The second-order valence-corrected chi connectivity index (χ2v) is 13.2. The van der Waals surface area contributed by atoms with Crippen molar-refractivity contribution in [2.24, 2.45) is 4.99 Å². The number of carbonyl (C=O) groups excluding carboxylic acids is 1. The summed E-state index contributed by atoms with van der Waals surface area (Å²) in [7, 11) is 0. The minimum atomic E-state index is -0.653. The first-order valence-corrected chi connectivity index (χ1v) is 16.1. The van der Waals surface area contributed by atoms with Gasteiger partial charge in [0.1, 0.15) is 12.4 Å². The van der Waals surface area contributed by atoms with Gasteiger partial charge in [-0.1, -0.05) is 71.0 Å². The van der Waals surface area contributed by atoms with Gasteiger partial charge in [0.15, 0.2) is 4.80 Å². The van der Waals surface area contributed by atoms with Crippen molar-refractivity contribution in [1.29, 1.82) is 0 Å². The van der Waals surface area contributed by atoms with Crippen molar-refractivity contribution in [3.05, 3.63) is 126 Å². The van der Waals surface area contributed by atoms with Gasteiger partial charge in [-0.25, -0.2) is 9.79 Å². The molecule has 10 heteroatoms. The lowest BCUT2D eigenvalue weighted by Gasteiger charge is -2.24. The number of thiazole rings is 1. The third-order valence-electron chi connectivity index (χ3n) is 6.56. The van der Waals surface area contributed by atoms with Gasteiger partial charge in [0.2, 0.25) is 0 Å². The number of rotatable bonds is 7. The number of fused-ring (bicyclic) bond motifs is 1. The van der Waals surface area contributed by atoms with Gasteiger partial charge < -0.3 is 9.47 Å². The number of hydrogen-bond acceptors (Lipinski definition) is 6. The van der Waals surface area contributed by atoms with Gasteiger partial charge in [-0.3, -0.25) is 9.36 Å². The second-order valence-electron chi connectivity index (χ2n) is 9.40. The Morgan fingerprint density at radius 2 is 1.85 bits per heavy atom. The number of halogens is 3. The van der Waals surface area contributed by atoms with Crippen molar-refractivity contribution in [3.8, 4) is 5.75 Å². The van der Waals surface area contributed by atoms with E-state index in [1.807, 2.05) is 73.7 Å². The molecule has 5 rings (SSSR count). The predicted molar refractivity (Wildman–Crippen MR) is 179 cm³/mol. The quantitative estimate of drug-likeness (QED) is 0.157. The van der Waals surface area contributed by atoms with Crippen LogP contribution >= 0.6 is 68.1 Å². The molecule has 0 N–H and O–H groups in total. The average molecular weight is 811 g/mol. The fraction of sp³-hybridized carbons (Fsp3) is 0.194. The van der Waals surface area contributed by atoms with Gasteiger partial charge >= 0.3 is 5.97 Å². The van der Waals surface area contributed by atoms with E-state index in [-0.39, 0.29) is 18.8 Å². The molecule has 4 aromatic rings. The van der Waals surface area contributed by atoms with Crippen LogP contribution in [0, 0.1) is 14.1 Å². The summed E-state index contributed by atoms with van der Waals surface area (Å²) in [6.07, 6.45) is 1.84. The fourth-order valence-electron chi connectivity index (χ4n) is 4.60. The summed E-state index contributed by atoms with van der Waals surface area (Å²) in [5.74, 6) is 0.186. The molecule has 0 saturated heterocycles. The van der Waals surface area contributed by atoms with Gasteiger partial charge in [0.05, 0.1) is 32.0 Å². The van der Waals surface area contributed by atoms with Crippen molar-refractivity contribution >= 4 is 80.2 Å². The van der Waals surface area contributed by atoms with Crippen LogP contribution in [0.4, 0.5) is 0 Å². The fourth-order valence-corrected chi connectivity index (χ4v) is 7.88. The van der Waals surface area contributed by atoms with Crippen LogP contribution in [0.1, 0.15) is 42.1 Å². The van der Waals surface area contributed by atoms with E-state index in [9.17, 15) is 9.59 Å². The molecule has 1 aliphatic rings. The summed E-state index contributed by atoms with van der Waals surface area (Å²) >= 11 is 12.2. The first-order chi connectivity index (χ1) is 19.7. The number of allylic oxidation sites excluding steroid dienone is 1. The molecule has 2 heterocycles. The zero-order valence-corrected chi connectivity index (χ0v) is 28.3. The van der Waals surface area contributed by atoms with Crippen LogP contribution in [0.25, 0.3) is 6.08 Å². The predicted octanol–water partition coefficient (Wildman–Crippen LogP) is 6.55. The first-order valence-electron chi connectivity index (χ1n) is 12.8. The van der Waals surface area contributed by atoms with E-state index in [4.69, 9.17) is 21.1 Å². The average Bonchev–Trinajstić information content (AvgIpc) is 3.23. The normalized spacial score (nSPS) is 15.0. The van der Waals surface area contributed by atoms with Crippen LogP contribution in [-0.2, 0) is 16.1 Å². The molecule has 0 amide bonds. The second kappa shape index (κ2) is 12.8. The van der Waals surface area contributed by atoms with Crippen LogP contribution in [0.15, 0.2) is 81.7 Å². The van der Waals surface area contributed by atoms with E-state index >= 15 is 0 Å². The van der Waals surface area contributed by atoms with E-state index in [1.165, 1.54) is 11.3 Å². The number of ether oxygens (including phenoxy) is 2. The monoisotopic (exact) mass is 810 g/mol. The number of aromatic nitrogens is 1. The van der Waals surface area contributed by atoms with E-state index in [2.05, 4.69) is 50.2 Å². The number of esters is 1. The molecule has 210 valence electrons. The van der Waals surface area contributed by atoms with Crippen LogP contribution in [0.2, 0.25) is 5.02 Å². The van der Waals surface area contributed by atoms with Gasteiger partial charge in [0.25, 0.3) is 5.56 Å². The van der Waals surface area contributed by atoms with Crippen LogP contribution in [0.5, 0.6) is 5.75 Å². The summed E-state index contributed by atoms with van der Waals surface area (Å²) in [5, 5.41) is 0.631. The van der Waals surface area contributed by atoms with Crippen molar-refractivity contribution in [2.75, 3.05) is 6.61 Å². The maximum atomic E-state index is 14.1. The number of benzene rings is 3. The van der Waals surface area contributed by atoms with Crippen LogP contribution in [0.3, 0.4) is 0 Å². The molecule has 1 atom stereocenters. The molecule has 41 heavy (non-hydrogen) atoms. The highest BCUT2D eigenvalue weighted by Gasteiger charge is 2.33. The van der Waals surface area contributed by atoms with Crippen molar-refractivity contribution in [3.63, 3.8) is 0 Å². The molecule has 0 bridgehead atoms. The number of hydrogen-bond donors (Lipinski definition) is 0. The lowest BCUT2D eigenvalue weighted by Crippen LogP contribution is -2.39. The van der Waals surface area contributed by atoms with Gasteiger partial charge in [-0.05, 0) is 95.8 Å². The first kappa shape index (κ1) is 30.0. The van der Waals surface area contributed by atoms with Crippen LogP contribution < -0.4 is 19.6 Å². The molecule has 0 unspecified atom stereocenters. The maximum absolute atomic E-state index is 14.1. The Hall–Kier alpha value is -2.48. The van der Waals surface area contributed by atoms with Gasteiger partial charge in [-0.2, -0.15) is 0 Å². The number of carbonyl (C=O) groups is 1. The molecule has 1 aromatic heterocycles. The summed E-state index contributed by atoms with van der Waals surface area (Å²) in [4.78, 5) is 32.4. The van der Waals surface area contributed by atoms with E-state index < -0.39 is 12.0 Å². The van der Waals surface area contributed by atoms with Gasteiger partial charge in [0, 0.05) is 19.7 Å². The number of nitrogens with zero attached hydrogens (tertiary/aromatic N) is 2. The minimum Gasteiger partial charge on any atom is -0.487 e. The topological polar surface area (TPSA) is 69.9 Å². The highest BCUT2D eigenvalue weighted by molar-refractivity contribution is 14.1. The molecular formula is C31H25ClI2N2O4S. The van der Waals surface area contributed by atoms with Crippen molar-refractivity contribution in [1.82, 2.24) is 4.57 Å². The molecule has 6 nitrogen and oxygen atoms in total. The summed E-state index contributed by atoms with van der Waals surface area (Å²) in [6, 6.07) is 18.7. The Labute approximate surface area is 273 Å². The van der Waals surface area contributed by atoms with E-state index in [1.54, 1.807) is 18.4 Å². The third-order valence-corrected chi connectivity index (χ3v) is 9.34. The number of aryl methyl sites for hydroxylation is 1. The van der Waals surface area contributed by atoms with Crippen molar-refractivity contribution < 1.29 is 14.3 Å². The largest absolute Gasteiger partial charge is 0.487 e. The Kier molecular flexibility index (Phi) is 9.37. The Bertz CT molecular complexity index is 1860. The molecular weight excluding hydrogens is 786 g/mol. The lowest BCUT2D eigenvalue weighted by atomic mass is 9.95.